The number of benzene rings is 1. The first-order chi connectivity index (χ1) is 8.93. The summed E-state index contributed by atoms with van der Waals surface area (Å²) < 4.78 is 40.0. The van der Waals surface area contributed by atoms with Crippen LogP contribution in [0.3, 0.4) is 0 Å². The molecule has 1 aromatic heterocycles. The summed E-state index contributed by atoms with van der Waals surface area (Å²) in [6.45, 7) is 1.76. The molecule has 19 heavy (non-hydrogen) atoms. The molecule has 0 aliphatic rings. The fourth-order valence-corrected chi connectivity index (χ4v) is 1.97. The summed E-state index contributed by atoms with van der Waals surface area (Å²) in [5, 5.41) is 3.81. The van der Waals surface area contributed by atoms with Crippen LogP contribution in [0.1, 0.15) is 22.4 Å². The lowest BCUT2D eigenvalue weighted by atomic mass is 10.1. The minimum absolute atomic E-state index is 0.0149. The second-order valence-electron chi connectivity index (χ2n) is 4.30. The molecule has 0 aliphatic carbocycles. The van der Waals surface area contributed by atoms with Crippen LogP contribution >= 0.6 is 0 Å². The molecule has 6 heteroatoms. The van der Waals surface area contributed by atoms with E-state index in [1.165, 1.54) is 6.20 Å². The number of aryl methyl sites for hydroxylation is 1. The molecule has 2 aromatic rings. The normalized spacial score (nSPS) is 11.8. The molecule has 102 valence electrons. The Balaban J connectivity index is 2.42. The average molecular weight is 269 g/mol. The summed E-state index contributed by atoms with van der Waals surface area (Å²) in [4.78, 5) is 0. The molecular formula is C13H14F3N3. The van der Waals surface area contributed by atoms with Gasteiger partial charge in [-0.15, -0.1) is 0 Å². The van der Waals surface area contributed by atoms with Crippen molar-refractivity contribution in [2.24, 2.45) is 5.73 Å². The maximum Gasteiger partial charge on any atom is 0.433 e. The van der Waals surface area contributed by atoms with Gasteiger partial charge in [-0.3, -0.25) is 4.68 Å². The number of rotatable bonds is 3. The van der Waals surface area contributed by atoms with Gasteiger partial charge in [0.1, 0.15) is 5.69 Å². The highest BCUT2D eigenvalue weighted by molar-refractivity contribution is 5.28. The van der Waals surface area contributed by atoms with E-state index in [2.05, 4.69) is 5.10 Å². The first kappa shape index (κ1) is 13.6. The lowest BCUT2D eigenvalue weighted by Crippen LogP contribution is -2.18. The molecule has 0 bridgehead atoms. The monoisotopic (exact) mass is 269 g/mol. The summed E-state index contributed by atoms with van der Waals surface area (Å²) in [7, 11) is 0. The molecule has 0 atom stereocenters. The van der Waals surface area contributed by atoms with Crippen LogP contribution in [0, 0.1) is 6.92 Å². The topological polar surface area (TPSA) is 43.8 Å². The Bertz CT molecular complexity index is 573. The summed E-state index contributed by atoms with van der Waals surface area (Å²) in [5.74, 6) is 0. The third-order valence-electron chi connectivity index (χ3n) is 2.99. The molecule has 0 radical (unpaired) electrons. The molecule has 0 saturated carbocycles. The van der Waals surface area contributed by atoms with Gasteiger partial charge in [0.05, 0.1) is 12.7 Å². The van der Waals surface area contributed by atoms with E-state index in [0.29, 0.717) is 0 Å². The summed E-state index contributed by atoms with van der Waals surface area (Å²) in [6, 6.07) is 7.29. The fourth-order valence-electron chi connectivity index (χ4n) is 1.97. The third-order valence-corrected chi connectivity index (χ3v) is 2.99. The predicted octanol–water partition coefficient (Wildman–Crippen LogP) is 2.72. The van der Waals surface area contributed by atoms with Gasteiger partial charge in [-0.1, -0.05) is 24.3 Å². The fraction of sp³-hybridized carbons (Fsp3) is 0.308. The van der Waals surface area contributed by atoms with Crippen LogP contribution in [0.25, 0.3) is 0 Å². The van der Waals surface area contributed by atoms with Gasteiger partial charge in [0, 0.05) is 12.1 Å². The van der Waals surface area contributed by atoms with Gasteiger partial charge >= 0.3 is 6.18 Å². The van der Waals surface area contributed by atoms with Crippen molar-refractivity contribution in [2.45, 2.75) is 26.2 Å². The molecule has 0 fully saturated rings. The van der Waals surface area contributed by atoms with E-state index in [0.717, 1.165) is 15.8 Å². The highest BCUT2D eigenvalue weighted by Gasteiger charge is 2.37. The van der Waals surface area contributed by atoms with Gasteiger partial charge < -0.3 is 5.73 Å². The van der Waals surface area contributed by atoms with E-state index in [9.17, 15) is 13.2 Å². The van der Waals surface area contributed by atoms with Crippen molar-refractivity contribution in [2.75, 3.05) is 0 Å². The molecule has 1 heterocycles. The van der Waals surface area contributed by atoms with E-state index >= 15 is 0 Å². The standard InChI is InChI=1S/C13H14F3N3/c1-9-4-2-3-5-10(9)8-19-12(13(14,15)16)11(6-17)7-18-19/h2-5,7H,6,8,17H2,1H3. The first-order valence-corrected chi connectivity index (χ1v) is 5.80. The predicted molar refractivity (Wildman–Crippen MR) is 65.4 cm³/mol. The van der Waals surface area contributed by atoms with Gasteiger partial charge in [-0.2, -0.15) is 18.3 Å². The number of hydrogen-bond acceptors (Lipinski definition) is 2. The lowest BCUT2D eigenvalue weighted by molar-refractivity contribution is -0.144. The van der Waals surface area contributed by atoms with Crippen molar-refractivity contribution in [3.8, 4) is 0 Å². The van der Waals surface area contributed by atoms with Crippen molar-refractivity contribution in [3.63, 3.8) is 0 Å². The van der Waals surface area contributed by atoms with Crippen molar-refractivity contribution < 1.29 is 13.2 Å². The van der Waals surface area contributed by atoms with Gasteiger partial charge in [0.2, 0.25) is 0 Å². The molecule has 0 saturated heterocycles. The summed E-state index contributed by atoms with van der Waals surface area (Å²) in [6.07, 6.45) is -3.27. The summed E-state index contributed by atoms with van der Waals surface area (Å²) in [5.41, 5.74) is 6.32. The molecule has 0 aliphatic heterocycles. The van der Waals surface area contributed by atoms with Crippen LogP contribution in [0.2, 0.25) is 0 Å². The average Bonchev–Trinajstić information content (AvgIpc) is 2.75. The van der Waals surface area contributed by atoms with E-state index in [1.54, 1.807) is 12.1 Å². The quantitative estimate of drug-likeness (QED) is 0.931. The smallest absolute Gasteiger partial charge is 0.326 e. The zero-order valence-electron chi connectivity index (χ0n) is 10.4. The molecule has 2 rings (SSSR count). The van der Waals surface area contributed by atoms with Crippen molar-refractivity contribution >= 4 is 0 Å². The minimum atomic E-state index is -4.45. The zero-order chi connectivity index (χ0) is 14.0. The Labute approximate surface area is 108 Å². The Morgan fingerprint density at radius 3 is 2.47 bits per heavy atom. The van der Waals surface area contributed by atoms with Crippen molar-refractivity contribution in [3.05, 3.63) is 52.8 Å². The van der Waals surface area contributed by atoms with E-state index in [4.69, 9.17) is 5.73 Å². The van der Waals surface area contributed by atoms with E-state index in [-0.39, 0.29) is 18.7 Å². The van der Waals surface area contributed by atoms with Crippen LogP contribution in [0.5, 0.6) is 0 Å². The molecule has 1 aromatic carbocycles. The Morgan fingerprint density at radius 1 is 1.21 bits per heavy atom. The highest BCUT2D eigenvalue weighted by Crippen LogP contribution is 2.32. The SMILES string of the molecule is Cc1ccccc1Cn1ncc(CN)c1C(F)(F)F. The van der Waals surface area contributed by atoms with Gasteiger partial charge in [0.15, 0.2) is 0 Å². The molecule has 3 nitrogen and oxygen atoms in total. The second-order valence-corrected chi connectivity index (χ2v) is 4.30. The van der Waals surface area contributed by atoms with Crippen molar-refractivity contribution in [1.29, 1.82) is 0 Å². The number of nitrogens with two attached hydrogens (primary N) is 1. The number of alkyl halides is 3. The third kappa shape index (κ3) is 2.78. The Morgan fingerprint density at radius 2 is 1.89 bits per heavy atom. The van der Waals surface area contributed by atoms with Crippen LogP contribution in [-0.2, 0) is 19.3 Å². The molecule has 0 spiro atoms. The minimum Gasteiger partial charge on any atom is -0.326 e. The maximum absolute atomic E-state index is 13.0. The van der Waals surface area contributed by atoms with Crippen LogP contribution in [-0.4, -0.2) is 9.78 Å². The number of halogens is 3. The first-order valence-electron chi connectivity index (χ1n) is 5.80. The number of aromatic nitrogens is 2. The molecular weight excluding hydrogens is 255 g/mol. The van der Waals surface area contributed by atoms with Crippen LogP contribution in [0.4, 0.5) is 13.2 Å². The largest absolute Gasteiger partial charge is 0.433 e. The zero-order valence-corrected chi connectivity index (χ0v) is 10.4. The van der Waals surface area contributed by atoms with Gasteiger partial charge in [-0.05, 0) is 18.1 Å². The van der Waals surface area contributed by atoms with E-state index < -0.39 is 11.9 Å². The summed E-state index contributed by atoms with van der Waals surface area (Å²) >= 11 is 0. The van der Waals surface area contributed by atoms with Gasteiger partial charge in [0.25, 0.3) is 0 Å². The van der Waals surface area contributed by atoms with Crippen molar-refractivity contribution in [1.82, 2.24) is 9.78 Å². The highest BCUT2D eigenvalue weighted by atomic mass is 19.4. The Kier molecular flexibility index (Phi) is 3.61. The molecule has 0 amide bonds. The molecule has 2 N–H and O–H groups in total. The van der Waals surface area contributed by atoms with Crippen LogP contribution < -0.4 is 5.73 Å². The second kappa shape index (κ2) is 5.05. The lowest BCUT2D eigenvalue weighted by Gasteiger charge is -2.13. The van der Waals surface area contributed by atoms with Crippen LogP contribution in [0.15, 0.2) is 30.5 Å². The molecule has 0 unspecified atom stereocenters. The van der Waals surface area contributed by atoms with Gasteiger partial charge in [-0.25, -0.2) is 0 Å². The Hall–Kier alpha value is -1.82. The number of nitrogens with zero attached hydrogens (tertiary/aromatic N) is 2. The van der Waals surface area contributed by atoms with E-state index in [1.807, 2.05) is 19.1 Å². The number of hydrogen-bond donors (Lipinski definition) is 1. The maximum atomic E-state index is 13.0.